The second-order valence-electron chi connectivity index (χ2n) is 3.18. The van der Waals surface area contributed by atoms with Gasteiger partial charge in [-0.1, -0.05) is 23.2 Å². The minimum absolute atomic E-state index is 0.479. The average Bonchev–Trinajstić information content (AvgIpc) is 2.08. The van der Waals surface area contributed by atoms with Gasteiger partial charge in [0.1, 0.15) is 11.0 Å². The molecule has 72 valence electrons. The Morgan fingerprint density at radius 1 is 1.07 bits per heavy atom. The third-order valence-corrected chi connectivity index (χ3v) is 2.74. The number of aromatic nitrogens is 2. The molecule has 0 aliphatic heterocycles. The van der Waals surface area contributed by atoms with Crippen LogP contribution >= 0.6 is 23.2 Å². The first kappa shape index (κ1) is 9.69. The van der Waals surface area contributed by atoms with Crippen LogP contribution in [0.2, 0.25) is 10.2 Å². The molecule has 0 radical (unpaired) electrons. The molecule has 2 nitrogen and oxygen atoms in total. The number of hydrogen-bond donors (Lipinski definition) is 0. The third kappa shape index (κ3) is 1.56. The molecule has 0 atom stereocenters. The van der Waals surface area contributed by atoms with E-state index in [2.05, 4.69) is 9.97 Å². The summed E-state index contributed by atoms with van der Waals surface area (Å²) in [6, 6.07) is 3.71. The first-order valence-electron chi connectivity index (χ1n) is 4.18. The van der Waals surface area contributed by atoms with Gasteiger partial charge in [0, 0.05) is 10.4 Å². The van der Waals surface area contributed by atoms with Crippen molar-refractivity contribution in [2.75, 3.05) is 0 Å². The van der Waals surface area contributed by atoms with Gasteiger partial charge >= 0.3 is 0 Å². The van der Waals surface area contributed by atoms with E-state index in [-0.39, 0.29) is 0 Å². The van der Waals surface area contributed by atoms with E-state index in [0.717, 1.165) is 16.5 Å². The van der Waals surface area contributed by atoms with Crippen molar-refractivity contribution < 1.29 is 0 Å². The predicted octanol–water partition coefficient (Wildman–Crippen LogP) is 3.55. The van der Waals surface area contributed by atoms with Gasteiger partial charge in [0.2, 0.25) is 0 Å². The number of nitrogens with zero attached hydrogens (tertiary/aromatic N) is 2. The van der Waals surface area contributed by atoms with Crippen molar-refractivity contribution in [1.29, 1.82) is 0 Å². The highest BCUT2D eigenvalue weighted by Crippen LogP contribution is 2.26. The minimum Gasteiger partial charge on any atom is -0.233 e. The van der Waals surface area contributed by atoms with Gasteiger partial charge in [0.05, 0.1) is 5.52 Å². The van der Waals surface area contributed by atoms with Crippen LogP contribution in [0, 0.1) is 13.8 Å². The van der Waals surface area contributed by atoms with E-state index < -0.39 is 0 Å². The fourth-order valence-electron chi connectivity index (χ4n) is 1.33. The Morgan fingerprint density at radius 2 is 1.79 bits per heavy atom. The number of hydrogen-bond acceptors (Lipinski definition) is 2. The van der Waals surface area contributed by atoms with Crippen molar-refractivity contribution in [1.82, 2.24) is 9.97 Å². The summed E-state index contributed by atoms with van der Waals surface area (Å²) >= 11 is 12.0. The third-order valence-electron chi connectivity index (χ3n) is 2.04. The van der Waals surface area contributed by atoms with Crippen LogP contribution in [0.5, 0.6) is 0 Å². The Kier molecular flexibility index (Phi) is 2.33. The summed E-state index contributed by atoms with van der Waals surface area (Å²) in [5.74, 6) is 0.655. The Balaban J connectivity index is 2.89. The highest BCUT2D eigenvalue weighted by atomic mass is 35.5. The number of aryl methyl sites for hydroxylation is 2. The standard InChI is InChI=1S/C10H8Cl2N2/c1-5-3-7-9(4-8(5)11)13-6(2)14-10(7)12/h3-4H,1-2H3. The summed E-state index contributed by atoms with van der Waals surface area (Å²) in [6.45, 7) is 3.73. The molecule has 1 aromatic heterocycles. The summed E-state index contributed by atoms with van der Waals surface area (Å²) in [6.07, 6.45) is 0. The lowest BCUT2D eigenvalue weighted by Crippen LogP contribution is -1.91. The van der Waals surface area contributed by atoms with Crippen LogP contribution in [-0.2, 0) is 0 Å². The van der Waals surface area contributed by atoms with E-state index in [0.29, 0.717) is 16.0 Å². The van der Waals surface area contributed by atoms with E-state index >= 15 is 0 Å². The number of benzene rings is 1. The minimum atomic E-state index is 0.479. The zero-order valence-corrected chi connectivity index (χ0v) is 9.32. The zero-order valence-electron chi connectivity index (χ0n) is 7.81. The molecule has 1 aromatic carbocycles. The molecule has 0 aliphatic rings. The molecule has 2 aromatic rings. The van der Waals surface area contributed by atoms with Gasteiger partial charge in [-0.15, -0.1) is 0 Å². The molecule has 0 unspecified atom stereocenters. The second kappa shape index (κ2) is 3.37. The van der Waals surface area contributed by atoms with Gasteiger partial charge in [-0.05, 0) is 31.5 Å². The Morgan fingerprint density at radius 3 is 2.50 bits per heavy atom. The lowest BCUT2D eigenvalue weighted by molar-refractivity contribution is 1.09. The Bertz CT molecular complexity index is 509. The molecule has 4 heteroatoms. The van der Waals surface area contributed by atoms with Crippen LogP contribution in [0.1, 0.15) is 11.4 Å². The van der Waals surface area contributed by atoms with Crippen LogP contribution in [0.25, 0.3) is 10.9 Å². The van der Waals surface area contributed by atoms with Crippen molar-refractivity contribution in [2.24, 2.45) is 0 Å². The smallest absolute Gasteiger partial charge is 0.140 e. The number of fused-ring (bicyclic) bond motifs is 1. The molecule has 2 rings (SSSR count). The molecule has 0 fully saturated rings. The second-order valence-corrected chi connectivity index (χ2v) is 3.95. The summed E-state index contributed by atoms with van der Waals surface area (Å²) in [5.41, 5.74) is 1.77. The van der Waals surface area contributed by atoms with Crippen molar-refractivity contribution in [2.45, 2.75) is 13.8 Å². The van der Waals surface area contributed by atoms with E-state index in [1.54, 1.807) is 6.92 Å². The average molecular weight is 227 g/mol. The molecule has 0 spiro atoms. The largest absolute Gasteiger partial charge is 0.233 e. The SMILES string of the molecule is Cc1nc(Cl)c2cc(C)c(Cl)cc2n1. The first-order chi connectivity index (χ1) is 6.58. The maximum atomic E-state index is 5.99. The quantitative estimate of drug-likeness (QED) is 0.643. The van der Waals surface area contributed by atoms with Crippen molar-refractivity contribution >= 4 is 34.1 Å². The number of halogens is 2. The fraction of sp³-hybridized carbons (Fsp3) is 0.200. The molecule has 0 N–H and O–H groups in total. The molecule has 0 bridgehead atoms. The Labute approximate surface area is 91.9 Å². The molecular weight excluding hydrogens is 219 g/mol. The summed E-state index contributed by atoms with van der Waals surface area (Å²) < 4.78 is 0. The van der Waals surface area contributed by atoms with Gasteiger partial charge in [0.25, 0.3) is 0 Å². The molecule has 1 heterocycles. The zero-order chi connectivity index (χ0) is 10.3. The summed E-state index contributed by atoms with van der Waals surface area (Å²) in [4.78, 5) is 8.34. The highest BCUT2D eigenvalue weighted by Gasteiger charge is 2.05. The van der Waals surface area contributed by atoms with Gasteiger partial charge in [-0.25, -0.2) is 9.97 Å². The fourth-order valence-corrected chi connectivity index (χ4v) is 1.76. The Hall–Kier alpha value is -0.860. The topological polar surface area (TPSA) is 25.8 Å². The van der Waals surface area contributed by atoms with E-state index in [1.165, 1.54) is 0 Å². The van der Waals surface area contributed by atoms with Crippen LogP contribution < -0.4 is 0 Å². The molecule has 0 amide bonds. The molecule has 0 saturated heterocycles. The molecule has 0 aliphatic carbocycles. The van der Waals surface area contributed by atoms with Gasteiger partial charge in [-0.3, -0.25) is 0 Å². The summed E-state index contributed by atoms with van der Waals surface area (Å²) in [7, 11) is 0. The van der Waals surface area contributed by atoms with Crippen LogP contribution in [0.15, 0.2) is 12.1 Å². The lowest BCUT2D eigenvalue weighted by Gasteiger charge is -2.03. The van der Waals surface area contributed by atoms with Crippen LogP contribution in [-0.4, -0.2) is 9.97 Å². The molecule has 0 saturated carbocycles. The van der Waals surface area contributed by atoms with Crippen molar-refractivity contribution in [3.05, 3.63) is 33.7 Å². The van der Waals surface area contributed by atoms with Crippen molar-refractivity contribution in [3.8, 4) is 0 Å². The van der Waals surface area contributed by atoms with Crippen LogP contribution in [0.4, 0.5) is 0 Å². The first-order valence-corrected chi connectivity index (χ1v) is 4.93. The molecular formula is C10H8Cl2N2. The maximum Gasteiger partial charge on any atom is 0.140 e. The highest BCUT2D eigenvalue weighted by molar-refractivity contribution is 6.35. The monoisotopic (exact) mass is 226 g/mol. The van der Waals surface area contributed by atoms with Gasteiger partial charge in [0.15, 0.2) is 0 Å². The van der Waals surface area contributed by atoms with E-state index in [4.69, 9.17) is 23.2 Å². The van der Waals surface area contributed by atoms with Gasteiger partial charge < -0.3 is 0 Å². The number of rotatable bonds is 0. The van der Waals surface area contributed by atoms with Crippen molar-refractivity contribution in [3.63, 3.8) is 0 Å². The predicted molar refractivity (Wildman–Crippen MR) is 59.0 cm³/mol. The summed E-state index contributed by atoms with van der Waals surface area (Å²) in [5, 5.41) is 2.03. The maximum absolute atomic E-state index is 5.99. The normalized spacial score (nSPS) is 10.9. The lowest BCUT2D eigenvalue weighted by atomic mass is 10.2. The molecule has 14 heavy (non-hydrogen) atoms. The van der Waals surface area contributed by atoms with Gasteiger partial charge in [-0.2, -0.15) is 0 Å². The van der Waals surface area contributed by atoms with E-state index in [1.807, 2.05) is 19.1 Å². The van der Waals surface area contributed by atoms with E-state index in [9.17, 15) is 0 Å². The van der Waals surface area contributed by atoms with Crippen LogP contribution in [0.3, 0.4) is 0 Å².